The van der Waals surface area contributed by atoms with Gasteiger partial charge in [0.1, 0.15) is 5.82 Å². The van der Waals surface area contributed by atoms with Crippen LogP contribution in [0.3, 0.4) is 0 Å². The Morgan fingerprint density at radius 1 is 1.46 bits per heavy atom. The summed E-state index contributed by atoms with van der Waals surface area (Å²) in [6.07, 6.45) is 1.97. The number of rotatable bonds is 2. The van der Waals surface area contributed by atoms with Crippen molar-refractivity contribution in [1.82, 2.24) is 0 Å². The molecule has 0 amide bonds. The topological polar surface area (TPSA) is 26.0 Å². The van der Waals surface area contributed by atoms with Crippen LogP contribution in [0.1, 0.15) is 24.1 Å². The summed E-state index contributed by atoms with van der Waals surface area (Å²) in [5.41, 5.74) is 7.29. The minimum atomic E-state index is -0.176. The minimum Gasteiger partial charge on any atom is -0.324 e. The molecule has 1 unspecified atom stereocenters. The molecule has 2 N–H and O–H groups in total. The van der Waals surface area contributed by atoms with Crippen molar-refractivity contribution >= 4 is 11.8 Å². The fourth-order valence-electron chi connectivity index (χ4n) is 1.20. The van der Waals surface area contributed by atoms with E-state index in [2.05, 4.69) is 0 Å². The predicted octanol–water partition coefficient (Wildman–Crippen LogP) is 2.88. The van der Waals surface area contributed by atoms with E-state index < -0.39 is 0 Å². The smallest absolute Gasteiger partial charge is 0.126 e. The Labute approximate surface area is 82.5 Å². The maximum absolute atomic E-state index is 13.2. The van der Waals surface area contributed by atoms with E-state index in [9.17, 15) is 4.39 Å². The summed E-state index contributed by atoms with van der Waals surface area (Å²) in [5, 5.41) is 0. The molecule has 0 spiro atoms. The zero-order valence-electron chi connectivity index (χ0n) is 8.10. The molecule has 0 heterocycles. The van der Waals surface area contributed by atoms with Crippen LogP contribution in [0.5, 0.6) is 0 Å². The van der Waals surface area contributed by atoms with E-state index in [-0.39, 0.29) is 11.9 Å². The molecule has 1 aromatic carbocycles. The third-order valence-electron chi connectivity index (χ3n) is 2.00. The van der Waals surface area contributed by atoms with Crippen LogP contribution in [0.15, 0.2) is 17.0 Å². The van der Waals surface area contributed by atoms with Gasteiger partial charge in [0.15, 0.2) is 0 Å². The Kier molecular flexibility index (Phi) is 3.33. The molecule has 1 aromatic rings. The largest absolute Gasteiger partial charge is 0.324 e. The molecule has 0 aliphatic rings. The Balaban J connectivity index is 3.25. The Bertz CT molecular complexity index is 310. The lowest BCUT2D eigenvalue weighted by Gasteiger charge is -2.12. The van der Waals surface area contributed by atoms with E-state index in [0.717, 1.165) is 10.5 Å². The first kappa shape index (κ1) is 10.5. The molecule has 0 saturated carbocycles. The summed E-state index contributed by atoms with van der Waals surface area (Å²) in [6.45, 7) is 3.63. The fourth-order valence-corrected chi connectivity index (χ4v) is 1.98. The second kappa shape index (κ2) is 4.11. The van der Waals surface area contributed by atoms with Crippen LogP contribution in [0.25, 0.3) is 0 Å². The lowest BCUT2D eigenvalue weighted by Crippen LogP contribution is -2.07. The van der Waals surface area contributed by atoms with Crippen LogP contribution < -0.4 is 5.73 Å². The zero-order valence-corrected chi connectivity index (χ0v) is 8.91. The Hall–Kier alpha value is -0.540. The molecule has 1 atom stereocenters. The molecule has 0 fully saturated rings. The number of thioether (sulfide) groups is 1. The summed E-state index contributed by atoms with van der Waals surface area (Å²) < 4.78 is 13.2. The summed E-state index contributed by atoms with van der Waals surface area (Å²) in [6, 6.07) is 3.27. The van der Waals surface area contributed by atoms with E-state index in [1.165, 1.54) is 6.07 Å². The summed E-state index contributed by atoms with van der Waals surface area (Å²) in [5.74, 6) is -0.176. The van der Waals surface area contributed by atoms with Crippen molar-refractivity contribution in [2.24, 2.45) is 5.73 Å². The van der Waals surface area contributed by atoms with Gasteiger partial charge < -0.3 is 5.73 Å². The average Bonchev–Trinajstić information content (AvgIpc) is 2.08. The molecular formula is C10H14FNS. The van der Waals surface area contributed by atoms with Gasteiger partial charge in [-0.25, -0.2) is 4.39 Å². The third-order valence-corrected chi connectivity index (χ3v) is 2.79. The van der Waals surface area contributed by atoms with Crippen molar-refractivity contribution in [2.75, 3.05) is 6.26 Å². The molecular weight excluding hydrogens is 185 g/mol. The highest BCUT2D eigenvalue weighted by molar-refractivity contribution is 7.98. The van der Waals surface area contributed by atoms with Gasteiger partial charge in [-0.3, -0.25) is 0 Å². The number of hydrogen-bond donors (Lipinski definition) is 1. The van der Waals surface area contributed by atoms with Crippen LogP contribution in [0.4, 0.5) is 4.39 Å². The maximum Gasteiger partial charge on any atom is 0.126 e. The van der Waals surface area contributed by atoms with E-state index in [0.29, 0.717) is 5.56 Å². The average molecular weight is 199 g/mol. The van der Waals surface area contributed by atoms with Crippen LogP contribution in [-0.2, 0) is 0 Å². The number of benzene rings is 1. The minimum absolute atomic E-state index is 0.113. The monoisotopic (exact) mass is 199 g/mol. The molecule has 72 valence electrons. The molecule has 0 bridgehead atoms. The number of halogens is 1. The Morgan fingerprint density at radius 2 is 2.08 bits per heavy atom. The van der Waals surface area contributed by atoms with E-state index in [1.54, 1.807) is 18.7 Å². The van der Waals surface area contributed by atoms with Crippen molar-refractivity contribution in [3.05, 3.63) is 29.1 Å². The van der Waals surface area contributed by atoms with Gasteiger partial charge in [-0.05, 0) is 43.4 Å². The summed E-state index contributed by atoms with van der Waals surface area (Å²) in [4.78, 5) is 1.06. The standard InChI is InChI=1S/C10H14FNS/c1-6-4-10(13-3)8(7(2)12)5-9(6)11/h4-5,7H,12H2,1-3H3. The van der Waals surface area contributed by atoms with Crippen LogP contribution >= 0.6 is 11.8 Å². The molecule has 1 rings (SSSR count). The normalized spacial score (nSPS) is 13.0. The van der Waals surface area contributed by atoms with Crippen molar-refractivity contribution in [1.29, 1.82) is 0 Å². The van der Waals surface area contributed by atoms with Gasteiger partial charge in [0.25, 0.3) is 0 Å². The Morgan fingerprint density at radius 3 is 2.54 bits per heavy atom. The van der Waals surface area contributed by atoms with E-state index in [1.807, 2.05) is 19.2 Å². The lowest BCUT2D eigenvalue weighted by atomic mass is 10.1. The van der Waals surface area contributed by atoms with Crippen molar-refractivity contribution < 1.29 is 4.39 Å². The third kappa shape index (κ3) is 2.23. The highest BCUT2D eigenvalue weighted by Crippen LogP contribution is 2.27. The van der Waals surface area contributed by atoms with Crippen LogP contribution in [-0.4, -0.2) is 6.26 Å². The van der Waals surface area contributed by atoms with Gasteiger partial charge in [-0.1, -0.05) is 0 Å². The van der Waals surface area contributed by atoms with Crippen molar-refractivity contribution in [3.63, 3.8) is 0 Å². The SMILES string of the molecule is CSc1cc(C)c(F)cc1C(C)N. The molecule has 0 aromatic heterocycles. The number of aryl methyl sites for hydroxylation is 1. The molecule has 0 saturated heterocycles. The van der Waals surface area contributed by atoms with Gasteiger partial charge in [-0.15, -0.1) is 11.8 Å². The highest BCUT2D eigenvalue weighted by atomic mass is 32.2. The first-order chi connectivity index (χ1) is 6.06. The van der Waals surface area contributed by atoms with Gasteiger partial charge in [-0.2, -0.15) is 0 Å². The van der Waals surface area contributed by atoms with Crippen LogP contribution in [0, 0.1) is 12.7 Å². The highest BCUT2D eigenvalue weighted by Gasteiger charge is 2.09. The van der Waals surface area contributed by atoms with Crippen molar-refractivity contribution in [3.8, 4) is 0 Å². The second-order valence-corrected chi connectivity index (χ2v) is 3.98. The molecule has 0 aliphatic heterocycles. The van der Waals surface area contributed by atoms with E-state index in [4.69, 9.17) is 5.73 Å². The zero-order chi connectivity index (χ0) is 10.0. The second-order valence-electron chi connectivity index (χ2n) is 3.13. The maximum atomic E-state index is 13.2. The molecule has 0 aliphatic carbocycles. The summed E-state index contributed by atoms with van der Waals surface area (Å²) in [7, 11) is 0. The van der Waals surface area contributed by atoms with Crippen molar-refractivity contribution in [2.45, 2.75) is 24.8 Å². The number of hydrogen-bond acceptors (Lipinski definition) is 2. The van der Waals surface area contributed by atoms with Gasteiger partial charge >= 0.3 is 0 Å². The predicted molar refractivity (Wildman–Crippen MR) is 55.5 cm³/mol. The molecule has 13 heavy (non-hydrogen) atoms. The lowest BCUT2D eigenvalue weighted by molar-refractivity contribution is 0.610. The molecule has 3 heteroatoms. The first-order valence-corrected chi connectivity index (χ1v) is 5.38. The van der Waals surface area contributed by atoms with Crippen LogP contribution in [0.2, 0.25) is 0 Å². The van der Waals surface area contributed by atoms with Gasteiger partial charge in [0, 0.05) is 10.9 Å². The first-order valence-electron chi connectivity index (χ1n) is 4.16. The molecule has 0 radical (unpaired) electrons. The van der Waals surface area contributed by atoms with E-state index >= 15 is 0 Å². The molecule has 1 nitrogen and oxygen atoms in total. The van der Waals surface area contributed by atoms with Gasteiger partial charge in [0.2, 0.25) is 0 Å². The number of nitrogens with two attached hydrogens (primary N) is 1. The fraction of sp³-hybridized carbons (Fsp3) is 0.400. The quantitative estimate of drug-likeness (QED) is 0.741. The summed E-state index contributed by atoms with van der Waals surface area (Å²) >= 11 is 1.60. The van der Waals surface area contributed by atoms with Gasteiger partial charge in [0.05, 0.1) is 0 Å².